The minimum atomic E-state index is -0.593. The molecule has 0 saturated heterocycles. The minimum Gasteiger partial charge on any atom is -0.459 e. The average Bonchev–Trinajstić information content (AvgIpc) is 2.96. The van der Waals surface area contributed by atoms with Crippen LogP contribution in [0.4, 0.5) is 4.79 Å². The Morgan fingerprint density at radius 3 is 2.58 bits per heavy atom. The molecule has 1 heterocycles. The molecule has 1 aromatic carbocycles. The Morgan fingerprint density at radius 2 is 1.92 bits per heavy atom. The number of nitrogens with one attached hydrogen (secondary N) is 2. The van der Waals surface area contributed by atoms with Gasteiger partial charge < -0.3 is 20.0 Å². The first-order valence-corrected chi connectivity index (χ1v) is 8.20. The van der Waals surface area contributed by atoms with Crippen LogP contribution in [-0.4, -0.2) is 36.0 Å². The number of carbonyl (C=O) groups excluding carboxylic acids is 2. The van der Waals surface area contributed by atoms with Gasteiger partial charge in [-0.2, -0.15) is 0 Å². The monoisotopic (exact) mass is 331 g/mol. The lowest BCUT2D eigenvalue weighted by molar-refractivity contribution is -0.123. The van der Waals surface area contributed by atoms with Gasteiger partial charge in [0, 0.05) is 18.5 Å². The van der Waals surface area contributed by atoms with E-state index in [2.05, 4.69) is 10.6 Å². The molecule has 0 fully saturated rings. The largest absolute Gasteiger partial charge is 0.459 e. The number of fused-ring (bicyclic) bond motifs is 1. The summed E-state index contributed by atoms with van der Waals surface area (Å²) < 4.78 is 5.71. The average molecular weight is 331 g/mol. The molecular formula is C18H25N3O3. The van der Waals surface area contributed by atoms with Crippen molar-refractivity contribution in [3.05, 3.63) is 36.1 Å². The number of nitrogens with zero attached hydrogens (tertiary/aromatic N) is 1. The molecule has 130 valence electrons. The number of carbonyl (C=O) groups is 2. The fourth-order valence-corrected chi connectivity index (χ4v) is 2.25. The summed E-state index contributed by atoms with van der Waals surface area (Å²) in [4.78, 5) is 25.7. The smallest absolute Gasteiger partial charge is 0.318 e. The third-order valence-corrected chi connectivity index (χ3v) is 3.95. The minimum absolute atomic E-state index is 0.0881. The van der Waals surface area contributed by atoms with E-state index in [0.717, 1.165) is 17.4 Å². The normalized spacial score (nSPS) is 13.3. The molecule has 0 spiro atoms. The number of hydrogen-bond donors (Lipinski definition) is 2. The summed E-state index contributed by atoms with van der Waals surface area (Å²) in [5, 5.41) is 6.55. The molecule has 1 aromatic heterocycles. The van der Waals surface area contributed by atoms with Crippen molar-refractivity contribution in [1.82, 2.24) is 15.5 Å². The second-order valence-corrected chi connectivity index (χ2v) is 6.10. The van der Waals surface area contributed by atoms with E-state index in [4.69, 9.17) is 4.42 Å². The van der Waals surface area contributed by atoms with Crippen LogP contribution in [0, 0.1) is 0 Å². The van der Waals surface area contributed by atoms with Gasteiger partial charge in [-0.3, -0.25) is 4.79 Å². The van der Waals surface area contributed by atoms with Crippen LogP contribution in [-0.2, 0) is 11.3 Å². The van der Waals surface area contributed by atoms with Gasteiger partial charge in [-0.15, -0.1) is 0 Å². The van der Waals surface area contributed by atoms with Crippen LogP contribution < -0.4 is 10.6 Å². The lowest BCUT2D eigenvalue weighted by Gasteiger charge is -2.21. The standard InChI is InChI=1S/C18H25N3O3/c1-5-12(2)19-17(22)13(3)20-18(23)21(4)11-15-10-14-8-6-7-9-16(14)24-15/h6-10,12-13H,5,11H2,1-4H3,(H,19,22)(H,20,23). The number of furan rings is 1. The molecule has 6 heteroatoms. The van der Waals surface area contributed by atoms with Gasteiger partial charge in [0.1, 0.15) is 17.4 Å². The van der Waals surface area contributed by atoms with Crippen molar-refractivity contribution in [2.24, 2.45) is 0 Å². The van der Waals surface area contributed by atoms with E-state index in [1.54, 1.807) is 14.0 Å². The molecule has 6 nitrogen and oxygen atoms in total. The maximum Gasteiger partial charge on any atom is 0.318 e. The lowest BCUT2D eigenvalue weighted by Crippen LogP contribution is -2.50. The first-order valence-electron chi connectivity index (χ1n) is 8.20. The molecule has 2 atom stereocenters. The van der Waals surface area contributed by atoms with Gasteiger partial charge in [0.15, 0.2) is 0 Å². The Balaban J connectivity index is 1.90. The van der Waals surface area contributed by atoms with Crippen molar-refractivity contribution in [2.45, 2.75) is 45.8 Å². The number of benzene rings is 1. The van der Waals surface area contributed by atoms with Crippen LogP contribution in [0.3, 0.4) is 0 Å². The Bertz CT molecular complexity index is 677. The Hall–Kier alpha value is -2.50. The second-order valence-electron chi connectivity index (χ2n) is 6.10. The van der Waals surface area contributed by atoms with E-state index in [1.807, 2.05) is 44.2 Å². The molecule has 0 radical (unpaired) electrons. The maximum atomic E-state index is 12.2. The summed E-state index contributed by atoms with van der Waals surface area (Å²) in [5.41, 5.74) is 0.794. The van der Waals surface area contributed by atoms with Crippen LogP contribution in [0.5, 0.6) is 0 Å². The van der Waals surface area contributed by atoms with E-state index < -0.39 is 6.04 Å². The number of rotatable bonds is 6. The molecule has 0 aliphatic rings. The zero-order valence-corrected chi connectivity index (χ0v) is 14.6. The van der Waals surface area contributed by atoms with Crippen LogP contribution in [0.15, 0.2) is 34.7 Å². The molecule has 2 aromatic rings. The van der Waals surface area contributed by atoms with E-state index in [-0.39, 0.29) is 18.0 Å². The molecule has 0 bridgehead atoms. The fourth-order valence-electron chi connectivity index (χ4n) is 2.25. The van der Waals surface area contributed by atoms with Crippen LogP contribution in [0.2, 0.25) is 0 Å². The third kappa shape index (κ3) is 4.50. The van der Waals surface area contributed by atoms with Crippen molar-refractivity contribution in [3.63, 3.8) is 0 Å². The zero-order valence-electron chi connectivity index (χ0n) is 14.6. The van der Waals surface area contributed by atoms with Crippen LogP contribution >= 0.6 is 0 Å². The summed E-state index contributed by atoms with van der Waals surface area (Å²) in [6, 6.07) is 8.79. The molecule has 2 unspecified atom stereocenters. The van der Waals surface area contributed by atoms with Gasteiger partial charge in [0.2, 0.25) is 5.91 Å². The van der Waals surface area contributed by atoms with Crippen molar-refractivity contribution in [3.8, 4) is 0 Å². The van der Waals surface area contributed by atoms with Gasteiger partial charge in [-0.1, -0.05) is 25.1 Å². The first-order chi connectivity index (χ1) is 11.4. The van der Waals surface area contributed by atoms with E-state index in [0.29, 0.717) is 12.3 Å². The van der Waals surface area contributed by atoms with Crippen molar-refractivity contribution >= 4 is 22.9 Å². The summed E-state index contributed by atoms with van der Waals surface area (Å²) in [6.45, 7) is 5.93. The van der Waals surface area contributed by atoms with Gasteiger partial charge in [0.25, 0.3) is 0 Å². The Labute approximate surface area is 142 Å². The highest BCUT2D eigenvalue weighted by Crippen LogP contribution is 2.19. The van der Waals surface area contributed by atoms with E-state index in [1.165, 1.54) is 4.90 Å². The molecule has 0 saturated carbocycles. The van der Waals surface area contributed by atoms with Crippen LogP contribution in [0.25, 0.3) is 11.0 Å². The summed E-state index contributed by atoms with van der Waals surface area (Å²) in [5.74, 6) is 0.514. The SMILES string of the molecule is CCC(C)NC(=O)C(C)NC(=O)N(C)Cc1cc2ccccc2o1. The Kier molecular flexibility index (Phi) is 5.84. The second kappa shape index (κ2) is 7.86. The molecule has 0 aliphatic heterocycles. The number of para-hydroxylation sites is 1. The maximum absolute atomic E-state index is 12.2. The molecule has 3 amide bonds. The molecule has 2 N–H and O–H groups in total. The summed E-state index contributed by atoms with van der Waals surface area (Å²) >= 11 is 0. The van der Waals surface area contributed by atoms with Crippen molar-refractivity contribution in [2.75, 3.05) is 7.05 Å². The zero-order chi connectivity index (χ0) is 17.7. The highest BCUT2D eigenvalue weighted by Gasteiger charge is 2.19. The van der Waals surface area contributed by atoms with Gasteiger partial charge in [0.05, 0.1) is 6.54 Å². The van der Waals surface area contributed by atoms with Crippen molar-refractivity contribution in [1.29, 1.82) is 0 Å². The Morgan fingerprint density at radius 1 is 1.21 bits per heavy atom. The van der Waals surface area contributed by atoms with Gasteiger partial charge >= 0.3 is 6.03 Å². The van der Waals surface area contributed by atoms with Gasteiger partial charge in [-0.05, 0) is 32.4 Å². The van der Waals surface area contributed by atoms with E-state index >= 15 is 0 Å². The fraction of sp³-hybridized carbons (Fsp3) is 0.444. The highest BCUT2D eigenvalue weighted by molar-refractivity contribution is 5.86. The number of amides is 3. The van der Waals surface area contributed by atoms with Gasteiger partial charge in [-0.25, -0.2) is 4.79 Å². The van der Waals surface area contributed by atoms with Crippen LogP contribution in [0.1, 0.15) is 33.0 Å². The highest BCUT2D eigenvalue weighted by atomic mass is 16.3. The summed E-state index contributed by atoms with van der Waals surface area (Å²) in [7, 11) is 1.67. The first kappa shape index (κ1) is 17.8. The molecule has 0 aliphatic carbocycles. The van der Waals surface area contributed by atoms with E-state index in [9.17, 15) is 9.59 Å². The predicted octanol–water partition coefficient (Wildman–Crippen LogP) is 2.88. The number of urea groups is 1. The topological polar surface area (TPSA) is 74.6 Å². The third-order valence-electron chi connectivity index (χ3n) is 3.95. The predicted molar refractivity (Wildman–Crippen MR) is 93.6 cm³/mol. The quantitative estimate of drug-likeness (QED) is 0.855. The van der Waals surface area contributed by atoms with Crippen molar-refractivity contribution < 1.29 is 14.0 Å². The molecular weight excluding hydrogens is 306 g/mol. The number of hydrogen-bond acceptors (Lipinski definition) is 3. The molecule has 24 heavy (non-hydrogen) atoms. The lowest BCUT2D eigenvalue weighted by atomic mass is 10.2. The summed E-state index contributed by atoms with van der Waals surface area (Å²) in [6.07, 6.45) is 0.846. The molecule has 2 rings (SSSR count).